The molecule has 2 heterocycles. The first-order valence-corrected chi connectivity index (χ1v) is 8.13. The molecule has 0 radical (unpaired) electrons. The number of phenols is 1. The van der Waals surface area contributed by atoms with Gasteiger partial charge in [-0.05, 0) is 24.3 Å². The Hall–Kier alpha value is -2.58. The van der Waals surface area contributed by atoms with Gasteiger partial charge >= 0.3 is 0 Å². The van der Waals surface area contributed by atoms with Gasteiger partial charge in [0.25, 0.3) is 5.91 Å². The Morgan fingerprint density at radius 3 is 2.92 bits per heavy atom. The Labute approximate surface area is 147 Å². The molecule has 3 rings (SSSR count). The van der Waals surface area contributed by atoms with E-state index in [0.29, 0.717) is 20.7 Å². The van der Waals surface area contributed by atoms with Crippen LogP contribution in [-0.2, 0) is 9.59 Å². The van der Waals surface area contributed by atoms with Crippen molar-refractivity contribution < 1.29 is 19.1 Å². The molecule has 0 bridgehead atoms. The van der Waals surface area contributed by atoms with Gasteiger partial charge in [0.15, 0.2) is 0 Å². The van der Waals surface area contributed by atoms with E-state index in [1.54, 1.807) is 30.3 Å². The number of phenolic OH excluding ortho intramolecular Hbond substituents is 1. The summed E-state index contributed by atoms with van der Waals surface area (Å²) in [6.07, 6.45) is 3.10. The Kier molecular flexibility index (Phi) is 4.68. The van der Waals surface area contributed by atoms with Gasteiger partial charge in [-0.25, -0.2) is 0 Å². The van der Waals surface area contributed by atoms with E-state index in [4.69, 9.17) is 16.6 Å². The normalized spacial score (nSPS) is 16.0. The largest absolute Gasteiger partial charge is 0.508 e. The predicted octanol–water partition coefficient (Wildman–Crippen LogP) is 2.83. The fourth-order valence-electron chi connectivity index (χ4n) is 2.07. The highest BCUT2D eigenvalue weighted by atomic mass is 32.2. The van der Waals surface area contributed by atoms with Gasteiger partial charge < -0.3 is 14.8 Å². The van der Waals surface area contributed by atoms with Crippen LogP contribution >= 0.6 is 24.0 Å². The highest BCUT2D eigenvalue weighted by Crippen LogP contribution is 2.32. The Bertz CT molecular complexity index is 830. The summed E-state index contributed by atoms with van der Waals surface area (Å²) < 4.78 is 5.49. The van der Waals surface area contributed by atoms with Crippen LogP contribution in [0, 0.1) is 0 Å². The zero-order chi connectivity index (χ0) is 17.1. The van der Waals surface area contributed by atoms with E-state index in [0.717, 1.165) is 11.8 Å². The molecule has 8 heteroatoms. The summed E-state index contributed by atoms with van der Waals surface area (Å²) >= 11 is 6.29. The number of nitrogens with one attached hydrogen (secondary N) is 1. The molecule has 0 saturated carbocycles. The summed E-state index contributed by atoms with van der Waals surface area (Å²) in [6, 6.07) is 9.60. The van der Waals surface area contributed by atoms with Gasteiger partial charge in [0.2, 0.25) is 5.91 Å². The number of hydrogen-bond donors (Lipinski definition) is 2. The first-order chi connectivity index (χ1) is 11.5. The molecule has 122 valence electrons. The molecule has 1 aliphatic rings. The minimum atomic E-state index is -0.406. The van der Waals surface area contributed by atoms with Crippen molar-refractivity contribution >= 4 is 51.9 Å². The number of thiocarbonyl (C=S) groups is 1. The summed E-state index contributed by atoms with van der Waals surface area (Å²) in [4.78, 5) is 26.1. The Morgan fingerprint density at radius 1 is 1.38 bits per heavy atom. The number of hydrogen-bond acceptors (Lipinski definition) is 6. The fraction of sp³-hybridized carbons (Fsp3) is 0.0625. The lowest BCUT2D eigenvalue weighted by Crippen LogP contribution is -2.36. The van der Waals surface area contributed by atoms with E-state index >= 15 is 0 Å². The lowest BCUT2D eigenvalue weighted by atomic mass is 10.3. The number of thioether (sulfide) groups is 1. The number of rotatable bonds is 4. The third-order valence-electron chi connectivity index (χ3n) is 3.12. The molecule has 2 N–H and O–H groups in total. The molecule has 2 aromatic rings. The highest BCUT2D eigenvalue weighted by molar-refractivity contribution is 8.26. The summed E-state index contributed by atoms with van der Waals surface area (Å²) in [6.45, 7) is -0.199. The smallest absolute Gasteiger partial charge is 0.266 e. The van der Waals surface area contributed by atoms with E-state index in [-0.39, 0.29) is 18.2 Å². The van der Waals surface area contributed by atoms with Crippen LogP contribution in [0.5, 0.6) is 5.75 Å². The molecule has 2 amide bonds. The van der Waals surface area contributed by atoms with E-state index in [1.165, 1.54) is 23.3 Å². The third kappa shape index (κ3) is 3.66. The van der Waals surface area contributed by atoms with Gasteiger partial charge in [-0.15, -0.1) is 0 Å². The molecule has 0 atom stereocenters. The van der Waals surface area contributed by atoms with Crippen molar-refractivity contribution in [2.45, 2.75) is 0 Å². The summed E-state index contributed by atoms with van der Waals surface area (Å²) in [5, 5.41) is 12.0. The maximum atomic E-state index is 12.4. The molecule has 0 aliphatic carbocycles. The average Bonchev–Trinajstić information content (AvgIpc) is 3.12. The minimum Gasteiger partial charge on any atom is -0.508 e. The quantitative estimate of drug-likeness (QED) is 0.644. The fourth-order valence-corrected chi connectivity index (χ4v) is 3.30. The topological polar surface area (TPSA) is 82.8 Å². The van der Waals surface area contributed by atoms with Gasteiger partial charge in [-0.1, -0.05) is 30.0 Å². The van der Waals surface area contributed by atoms with Crippen LogP contribution in [0.3, 0.4) is 0 Å². The van der Waals surface area contributed by atoms with Crippen molar-refractivity contribution in [3.63, 3.8) is 0 Å². The highest BCUT2D eigenvalue weighted by Gasteiger charge is 2.33. The number of carbonyl (C=O) groups is 2. The van der Waals surface area contributed by atoms with Crippen LogP contribution in [0.2, 0.25) is 0 Å². The van der Waals surface area contributed by atoms with E-state index in [2.05, 4.69) is 5.32 Å². The Morgan fingerprint density at radius 2 is 2.21 bits per heavy atom. The minimum absolute atomic E-state index is 0.0415. The standard InChI is InChI=1S/C16H12N2O4S2/c19-11-4-1-3-10(7-11)17-14(20)9-18-15(21)13(24-16(18)23)8-12-5-2-6-22-12/h1-8,19H,9H2,(H,17,20)/b13-8-. The lowest BCUT2D eigenvalue weighted by molar-refractivity contribution is -0.126. The van der Waals surface area contributed by atoms with Gasteiger partial charge in [-0.2, -0.15) is 0 Å². The number of amides is 2. The Balaban J connectivity index is 1.67. The number of anilines is 1. The monoisotopic (exact) mass is 360 g/mol. The lowest BCUT2D eigenvalue weighted by Gasteiger charge is -2.14. The van der Waals surface area contributed by atoms with Crippen molar-refractivity contribution in [2.75, 3.05) is 11.9 Å². The van der Waals surface area contributed by atoms with Crippen molar-refractivity contribution in [3.05, 3.63) is 53.3 Å². The van der Waals surface area contributed by atoms with Crippen LogP contribution in [0.25, 0.3) is 6.08 Å². The second-order valence-electron chi connectivity index (χ2n) is 4.88. The number of nitrogens with zero attached hydrogens (tertiary/aromatic N) is 1. The van der Waals surface area contributed by atoms with Crippen molar-refractivity contribution in [1.82, 2.24) is 4.90 Å². The van der Waals surface area contributed by atoms with Crippen LogP contribution < -0.4 is 5.32 Å². The number of furan rings is 1. The van der Waals surface area contributed by atoms with Crippen molar-refractivity contribution in [2.24, 2.45) is 0 Å². The second-order valence-corrected chi connectivity index (χ2v) is 6.56. The number of carbonyl (C=O) groups excluding carboxylic acids is 2. The van der Waals surface area contributed by atoms with Gasteiger partial charge in [-0.3, -0.25) is 14.5 Å². The summed E-state index contributed by atoms with van der Waals surface area (Å²) in [5.74, 6) is -0.164. The zero-order valence-electron chi connectivity index (χ0n) is 12.3. The summed E-state index contributed by atoms with van der Waals surface area (Å²) in [7, 11) is 0. The number of aromatic hydroxyl groups is 1. The molecular formula is C16H12N2O4S2. The molecule has 1 saturated heterocycles. The first-order valence-electron chi connectivity index (χ1n) is 6.91. The predicted molar refractivity (Wildman–Crippen MR) is 95.3 cm³/mol. The van der Waals surface area contributed by atoms with Crippen LogP contribution in [0.15, 0.2) is 52.0 Å². The van der Waals surface area contributed by atoms with Crippen molar-refractivity contribution in [1.29, 1.82) is 0 Å². The van der Waals surface area contributed by atoms with E-state index < -0.39 is 5.91 Å². The van der Waals surface area contributed by atoms with Crippen LogP contribution in [-0.4, -0.2) is 32.7 Å². The average molecular weight is 360 g/mol. The second kappa shape index (κ2) is 6.90. The number of benzene rings is 1. The van der Waals surface area contributed by atoms with Crippen LogP contribution in [0.4, 0.5) is 5.69 Å². The SMILES string of the molecule is O=C(CN1C(=O)/C(=C/c2ccco2)SC1=S)Nc1cccc(O)c1. The van der Waals surface area contributed by atoms with Gasteiger partial charge in [0, 0.05) is 17.8 Å². The molecule has 1 aromatic carbocycles. The zero-order valence-corrected chi connectivity index (χ0v) is 13.9. The molecule has 1 aromatic heterocycles. The first kappa shape index (κ1) is 16.3. The molecule has 0 spiro atoms. The summed E-state index contributed by atoms with van der Waals surface area (Å²) in [5.41, 5.74) is 0.441. The molecule has 0 unspecified atom stereocenters. The van der Waals surface area contributed by atoms with Gasteiger partial charge in [0.1, 0.15) is 22.4 Å². The molecule has 1 fully saturated rings. The molecular weight excluding hydrogens is 348 g/mol. The third-order valence-corrected chi connectivity index (χ3v) is 4.50. The van der Waals surface area contributed by atoms with Crippen molar-refractivity contribution in [3.8, 4) is 5.75 Å². The van der Waals surface area contributed by atoms with Gasteiger partial charge in [0.05, 0.1) is 11.2 Å². The maximum Gasteiger partial charge on any atom is 0.266 e. The van der Waals surface area contributed by atoms with E-state index in [1.807, 2.05) is 0 Å². The van der Waals surface area contributed by atoms with E-state index in [9.17, 15) is 14.7 Å². The molecule has 6 nitrogen and oxygen atoms in total. The maximum absolute atomic E-state index is 12.4. The van der Waals surface area contributed by atoms with Crippen LogP contribution in [0.1, 0.15) is 5.76 Å². The molecule has 24 heavy (non-hydrogen) atoms. The molecule has 1 aliphatic heterocycles.